The fraction of sp³-hybridized carbons (Fsp3) is 0.727. The fourth-order valence-electron chi connectivity index (χ4n) is 2.29. The Morgan fingerprint density at radius 2 is 1.50 bits per heavy atom. The highest BCUT2D eigenvalue weighted by Gasteiger charge is 2.09. The van der Waals surface area contributed by atoms with Gasteiger partial charge in [0, 0.05) is 25.0 Å². The second kappa shape index (κ2) is 18.0. The zero-order chi connectivity index (χ0) is 19.5. The fourth-order valence-corrected chi connectivity index (χ4v) is 2.29. The molecule has 0 saturated carbocycles. The lowest BCUT2D eigenvalue weighted by molar-refractivity contribution is -0.144. The maximum atomic E-state index is 11.7. The normalized spacial score (nSPS) is 11.7. The Hall–Kier alpha value is -1.76. The van der Waals surface area contributed by atoms with E-state index in [-0.39, 0.29) is 6.10 Å². The summed E-state index contributed by atoms with van der Waals surface area (Å²) in [6.07, 6.45) is 13.3. The molecule has 0 aromatic heterocycles. The number of carbonyl (C=O) groups excluding carboxylic acids is 2. The van der Waals surface area contributed by atoms with Crippen LogP contribution in [-0.2, 0) is 19.1 Å². The Kier molecular flexibility index (Phi) is 16.8. The summed E-state index contributed by atoms with van der Waals surface area (Å²) in [4.78, 5) is 23.3. The SMILES string of the molecule is CCCC#CCC(CC)OC(=O)/C=C/C(=O)OCCCCCCCCC. The van der Waals surface area contributed by atoms with Crippen molar-refractivity contribution in [1.29, 1.82) is 0 Å². The Bertz CT molecular complexity index is 456. The summed E-state index contributed by atoms with van der Waals surface area (Å²) < 4.78 is 10.4. The van der Waals surface area contributed by atoms with Crippen molar-refractivity contribution >= 4 is 11.9 Å². The van der Waals surface area contributed by atoms with Gasteiger partial charge in [-0.15, -0.1) is 5.92 Å². The van der Waals surface area contributed by atoms with E-state index >= 15 is 0 Å². The molecular formula is C22H36O4. The molecule has 148 valence electrons. The van der Waals surface area contributed by atoms with E-state index in [1.54, 1.807) is 0 Å². The molecule has 0 rings (SSSR count). The minimum atomic E-state index is -0.526. The standard InChI is InChI=1S/C22H36O4/c1-4-7-9-11-12-13-15-19-25-21(23)17-18-22(24)26-20(6-3)16-14-10-8-5-2/h17-18,20H,4-9,11-13,15-16,19H2,1-3H3/b18-17+. The third-order valence-corrected chi connectivity index (χ3v) is 3.92. The molecular weight excluding hydrogens is 328 g/mol. The van der Waals surface area contributed by atoms with E-state index in [4.69, 9.17) is 9.47 Å². The van der Waals surface area contributed by atoms with Gasteiger partial charge in [-0.3, -0.25) is 0 Å². The van der Waals surface area contributed by atoms with E-state index in [1.165, 1.54) is 32.1 Å². The minimum absolute atomic E-state index is 0.236. The van der Waals surface area contributed by atoms with Crippen molar-refractivity contribution in [2.45, 2.75) is 97.5 Å². The summed E-state index contributed by atoms with van der Waals surface area (Å²) in [5, 5.41) is 0. The van der Waals surface area contributed by atoms with Crippen molar-refractivity contribution in [3.63, 3.8) is 0 Å². The lowest BCUT2D eigenvalue weighted by Crippen LogP contribution is -2.15. The molecule has 0 heterocycles. The Morgan fingerprint density at radius 3 is 2.15 bits per heavy atom. The van der Waals surface area contributed by atoms with Crippen LogP contribution in [0.3, 0.4) is 0 Å². The van der Waals surface area contributed by atoms with Gasteiger partial charge in [0.2, 0.25) is 0 Å². The molecule has 4 nitrogen and oxygen atoms in total. The second-order valence-electron chi connectivity index (χ2n) is 6.40. The van der Waals surface area contributed by atoms with Gasteiger partial charge >= 0.3 is 11.9 Å². The first-order valence-electron chi connectivity index (χ1n) is 10.1. The van der Waals surface area contributed by atoms with Gasteiger partial charge in [-0.2, -0.15) is 0 Å². The second-order valence-corrected chi connectivity index (χ2v) is 6.40. The molecule has 0 aliphatic heterocycles. The van der Waals surface area contributed by atoms with Crippen molar-refractivity contribution in [1.82, 2.24) is 0 Å². The van der Waals surface area contributed by atoms with Crippen LogP contribution >= 0.6 is 0 Å². The molecule has 0 radical (unpaired) electrons. The smallest absolute Gasteiger partial charge is 0.331 e. The van der Waals surface area contributed by atoms with Gasteiger partial charge in [-0.05, 0) is 19.3 Å². The zero-order valence-electron chi connectivity index (χ0n) is 16.9. The van der Waals surface area contributed by atoms with Gasteiger partial charge in [-0.1, -0.05) is 65.2 Å². The molecule has 0 fully saturated rings. The largest absolute Gasteiger partial charge is 0.463 e. The molecule has 26 heavy (non-hydrogen) atoms. The van der Waals surface area contributed by atoms with Gasteiger partial charge in [-0.25, -0.2) is 9.59 Å². The topological polar surface area (TPSA) is 52.6 Å². The summed E-state index contributed by atoms with van der Waals surface area (Å²) in [7, 11) is 0. The van der Waals surface area contributed by atoms with E-state index in [0.29, 0.717) is 19.4 Å². The van der Waals surface area contributed by atoms with Gasteiger partial charge in [0.25, 0.3) is 0 Å². The summed E-state index contributed by atoms with van der Waals surface area (Å²) in [6, 6.07) is 0. The van der Waals surface area contributed by atoms with E-state index in [0.717, 1.165) is 37.8 Å². The summed E-state index contributed by atoms with van der Waals surface area (Å²) in [5.74, 6) is 5.04. The third-order valence-electron chi connectivity index (χ3n) is 3.92. The molecule has 0 aromatic rings. The van der Waals surface area contributed by atoms with E-state index in [2.05, 4.69) is 25.7 Å². The summed E-state index contributed by atoms with van der Waals surface area (Å²) >= 11 is 0. The number of esters is 2. The quantitative estimate of drug-likeness (QED) is 0.180. The molecule has 0 spiro atoms. The van der Waals surface area contributed by atoms with Crippen molar-refractivity contribution in [3.05, 3.63) is 12.2 Å². The van der Waals surface area contributed by atoms with Crippen molar-refractivity contribution in [2.24, 2.45) is 0 Å². The summed E-state index contributed by atoms with van der Waals surface area (Å²) in [5.41, 5.74) is 0. The van der Waals surface area contributed by atoms with E-state index < -0.39 is 11.9 Å². The number of rotatable bonds is 14. The van der Waals surface area contributed by atoms with Gasteiger partial charge in [0.1, 0.15) is 6.10 Å². The summed E-state index contributed by atoms with van der Waals surface area (Å²) in [6.45, 7) is 6.62. The van der Waals surface area contributed by atoms with Crippen LogP contribution < -0.4 is 0 Å². The highest BCUT2D eigenvalue weighted by atomic mass is 16.5. The van der Waals surface area contributed by atoms with E-state index in [9.17, 15) is 9.59 Å². The number of hydrogen-bond donors (Lipinski definition) is 0. The van der Waals surface area contributed by atoms with Crippen LogP contribution in [0.1, 0.15) is 91.4 Å². The molecule has 1 unspecified atom stereocenters. The van der Waals surface area contributed by atoms with Crippen LogP contribution in [0.4, 0.5) is 0 Å². The molecule has 0 aromatic carbocycles. The molecule has 0 saturated heterocycles. The maximum absolute atomic E-state index is 11.7. The van der Waals surface area contributed by atoms with Crippen LogP contribution in [0.2, 0.25) is 0 Å². The lowest BCUT2D eigenvalue weighted by atomic mass is 10.1. The van der Waals surface area contributed by atoms with E-state index in [1.807, 2.05) is 6.92 Å². The number of hydrogen-bond acceptors (Lipinski definition) is 4. The Labute approximate surface area is 159 Å². The molecule has 0 aliphatic rings. The minimum Gasteiger partial charge on any atom is -0.463 e. The van der Waals surface area contributed by atoms with Gasteiger partial charge in [0.15, 0.2) is 0 Å². The molecule has 4 heteroatoms. The molecule has 0 amide bonds. The molecule has 1 atom stereocenters. The highest BCUT2D eigenvalue weighted by Crippen LogP contribution is 2.07. The maximum Gasteiger partial charge on any atom is 0.331 e. The average Bonchev–Trinajstić information content (AvgIpc) is 2.64. The number of unbranched alkanes of at least 4 members (excludes halogenated alkanes) is 7. The van der Waals surface area contributed by atoms with Gasteiger partial charge in [0.05, 0.1) is 6.61 Å². The first-order valence-corrected chi connectivity index (χ1v) is 10.1. The van der Waals surface area contributed by atoms with Crippen LogP contribution in [0.5, 0.6) is 0 Å². The van der Waals surface area contributed by atoms with Crippen molar-refractivity contribution < 1.29 is 19.1 Å². The van der Waals surface area contributed by atoms with Gasteiger partial charge < -0.3 is 9.47 Å². The van der Waals surface area contributed by atoms with Crippen LogP contribution in [-0.4, -0.2) is 24.6 Å². The predicted octanol–water partition coefficient (Wildman–Crippen LogP) is 5.35. The predicted molar refractivity (Wildman–Crippen MR) is 106 cm³/mol. The highest BCUT2D eigenvalue weighted by molar-refractivity contribution is 5.91. The van der Waals surface area contributed by atoms with Crippen LogP contribution in [0.15, 0.2) is 12.2 Å². The zero-order valence-corrected chi connectivity index (χ0v) is 16.9. The first-order chi connectivity index (χ1) is 12.6. The Morgan fingerprint density at radius 1 is 0.846 bits per heavy atom. The monoisotopic (exact) mass is 364 g/mol. The molecule has 0 N–H and O–H groups in total. The Balaban J connectivity index is 3.86. The average molecular weight is 365 g/mol. The third kappa shape index (κ3) is 15.7. The molecule has 0 bridgehead atoms. The first kappa shape index (κ1) is 24.2. The lowest BCUT2D eigenvalue weighted by Gasteiger charge is -2.11. The molecule has 0 aliphatic carbocycles. The van der Waals surface area contributed by atoms with Crippen LogP contribution in [0.25, 0.3) is 0 Å². The van der Waals surface area contributed by atoms with Crippen LogP contribution in [0, 0.1) is 11.8 Å². The number of carbonyl (C=O) groups is 2. The number of ether oxygens (including phenoxy) is 2. The van der Waals surface area contributed by atoms with Crippen molar-refractivity contribution in [3.8, 4) is 11.8 Å². The van der Waals surface area contributed by atoms with Crippen molar-refractivity contribution in [2.75, 3.05) is 6.61 Å².